The number of nitrogens with two attached hydrogens (primary N) is 1. The van der Waals surface area contributed by atoms with Crippen LogP contribution in [0.1, 0.15) is 18.4 Å². The van der Waals surface area contributed by atoms with E-state index in [2.05, 4.69) is 0 Å². The Labute approximate surface area is 106 Å². The molecule has 1 heterocycles. The van der Waals surface area contributed by atoms with Gasteiger partial charge in [-0.3, -0.25) is 4.79 Å². The number of thioether (sulfide) groups is 1. The van der Waals surface area contributed by atoms with Crippen LogP contribution in [-0.2, 0) is 11.3 Å². The van der Waals surface area contributed by atoms with Gasteiger partial charge >= 0.3 is 0 Å². The molecule has 1 aliphatic heterocycles. The lowest BCUT2D eigenvalue weighted by molar-refractivity contribution is -0.129. The molecular formula is C13H18N2OS. The van der Waals surface area contributed by atoms with Crippen molar-refractivity contribution in [3.63, 3.8) is 0 Å². The minimum atomic E-state index is 0.175. The molecule has 0 saturated carbocycles. The van der Waals surface area contributed by atoms with Crippen LogP contribution in [0.15, 0.2) is 24.3 Å². The van der Waals surface area contributed by atoms with E-state index >= 15 is 0 Å². The van der Waals surface area contributed by atoms with E-state index in [-0.39, 0.29) is 11.2 Å². The predicted molar refractivity (Wildman–Crippen MR) is 72.8 cm³/mol. The van der Waals surface area contributed by atoms with E-state index in [1.807, 2.05) is 36.2 Å². The van der Waals surface area contributed by atoms with Crippen LogP contribution in [-0.4, -0.2) is 28.9 Å². The highest BCUT2D eigenvalue weighted by atomic mass is 32.2. The van der Waals surface area contributed by atoms with Crippen LogP contribution in [0.25, 0.3) is 0 Å². The van der Waals surface area contributed by atoms with Gasteiger partial charge in [-0.25, -0.2) is 0 Å². The molecule has 1 fully saturated rings. The summed E-state index contributed by atoms with van der Waals surface area (Å²) in [6, 6.07) is 7.69. The lowest BCUT2D eigenvalue weighted by Gasteiger charge is -2.20. The monoisotopic (exact) mass is 250 g/mol. The van der Waals surface area contributed by atoms with Crippen molar-refractivity contribution in [2.75, 3.05) is 18.5 Å². The third kappa shape index (κ3) is 3.16. The summed E-state index contributed by atoms with van der Waals surface area (Å²) in [4.78, 5) is 13.9. The van der Waals surface area contributed by atoms with E-state index in [9.17, 15) is 4.79 Å². The van der Waals surface area contributed by atoms with E-state index in [4.69, 9.17) is 5.73 Å². The van der Waals surface area contributed by atoms with Gasteiger partial charge in [0, 0.05) is 19.3 Å². The first kappa shape index (κ1) is 12.3. The summed E-state index contributed by atoms with van der Waals surface area (Å²) in [6.45, 7) is 0.663. The number of carbonyl (C=O) groups is 1. The zero-order valence-corrected chi connectivity index (χ0v) is 10.9. The van der Waals surface area contributed by atoms with Gasteiger partial charge in [0.25, 0.3) is 0 Å². The standard InChI is InChI=1S/C13H18N2OS/c1-15(13(16)12-3-2-8-17-12)9-10-4-6-11(14)7-5-10/h4-7,12H,2-3,8-9,14H2,1H3. The number of benzene rings is 1. The number of nitrogens with zero attached hydrogens (tertiary/aromatic N) is 1. The molecular weight excluding hydrogens is 232 g/mol. The Kier molecular flexibility index (Phi) is 3.94. The molecule has 1 atom stereocenters. The Balaban J connectivity index is 1.93. The molecule has 92 valence electrons. The SMILES string of the molecule is CN(Cc1ccc(N)cc1)C(=O)C1CCCS1. The Morgan fingerprint density at radius 1 is 1.47 bits per heavy atom. The first-order valence-electron chi connectivity index (χ1n) is 5.88. The maximum absolute atomic E-state index is 12.1. The fraction of sp³-hybridized carbons (Fsp3) is 0.462. The van der Waals surface area contributed by atoms with Crippen LogP contribution < -0.4 is 5.73 Å². The number of nitrogen functional groups attached to an aromatic ring is 1. The Bertz CT molecular complexity index is 385. The third-order valence-electron chi connectivity index (χ3n) is 2.98. The molecule has 2 N–H and O–H groups in total. The van der Waals surface area contributed by atoms with E-state index in [1.54, 1.807) is 11.8 Å². The second kappa shape index (κ2) is 5.45. The summed E-state index contributed by atoms with van der Waals surface area (Å²) in [5, 5.41) is 0.175. The van der Waals surface area contributed by atoms with Crippen molar-refractivity contribution in [3.8, 4) is 0 Å². The normalized spacial score (nSPS) is 19.2. The number of anilines is 1. The predicted octanol–water partition coefficient (Wildman–Crippen LogP) is 2.12. The lowest BCUT2D eigenvalue weighted by atomic mass is 10.2. The highest BCUT2D eigenvalue weighted by Crippen LogP contribution is 2.27. The summed E-state index contributed by atoms with van der Waals surface area (Å²) in [5.41, 5.74) is 7.51. The number of hydrogen-bond donors (Lipinski definition) is 1. The van der Waals surface area contributed by atoms with Gasteiger partial charge in [0.1, 0.15) is 0 Å². The quantitative estimate of drug-likeness (QED) is 0.836. The molecule has 1 aliphatic rings. The summed E-state index contributed by atoms with van der Waals surface area (Å²) >= 11 is 1.78. The molecule has 3 nitrogen and oxygen atoms in total. The molecule has 0 radical (unpaired) electrons. The van der Waals surface area contributed by atoms with Crippen LogP contribution in [0.4, 0.5) is 5.69 Å². The molecule has 17 heavy (non-hydrogen) atoms. The van der Waals surface area contributed by atoms with Crippen molar-refractivity contribution in [2.45, 2.75) is 24.6 Å². The minimum Gasteiger partial charge on any atom is -0.399 e. The maximum atomic E-state index is 12.1. The van der Waals surface area contributed by atoms with Crippen LogP contribution in [0.5, 0.6) is 0 Å². The summed E-state index contributed by atoms with van der Waals surface area (Å²) in [5.74, 6) is 1.37. The van der Waals surface area contributed by atoms with Gasteiger partial charge in [-0.05, 0) is 36.3 Å². The average molecular weight is 250 g/mol. The van der Waals surface area contributed by atoms with E-state index in [0.29, 0.717) is 6.54 Å². The average Bonchev–Trinajstić information content (AvgIpc) is 2.84. The molecule has 1 saturated heterocycles. The van der Waals surface area contributed by atoms with Crippen LogP contribution in [0, 0.1) is 0 Å². The zero-order valence-electron chi connectivity index (χ0n) is 10.1. The molecule has 0 aromatic heterocycles. The van der Waals surface area contributed by atoms with Crippen molar-refractivity contribution in [1.29, 1.82) is 0 Å². The second-order valence-corrected chi connectivity index (χ2v) is 5.75. The molecule has 0 bridgehead atoms. The van der Waals surface area contributed by atoms with E-state index < -0.39 is 0 Å². The van der Waals surface area contributed by atoms with Gasteiger partial charge in [-0.1, -0.05) is 12.1 Å². The topological polar surface area (TPSA) is 46.3 Å². The first-order valence-corrected chi connectivity index (χ1v) is 6.92. The summed E-state index contributed by atoms with van der Waals surface area (Å²) in [6.07, 6.45) is 2.19. The second-order valence-electron chi connectivity index (χ2n) is 4.44. The minimum absolute atomic E-state index is 0.175. The zero-order chi connectivity index (χ0) is 12.3. The fourth-order valence-electron chi connectivity index (χ4n) is 1.99. The first-order chi connectivity index (χ1) is 8.16. The van der Waals surface area contributed by atoms with Crippen LogP contribution in [0.2, 0.25) is 0 Å². The van der Waals surface area contributed by atoms with Crippen molar-refractivity contribution >= 4 is 23.4 Å². The maximum Gasteiger partial charge on any atom is 0.235 e. The molecule has 0 aliphatic carbocycles. The summed E-state index contributed by atoms with van der Waals surface area (Å²) in [7, 11) is 1.87. The van der Waals surface area contributed by atoms with Crippen molar-refractivity contribution in [3.05, 3.63) is 29.8 Å². The smallest absolute Gasteiger partial charge is 0.235 e. The fourth-order valence-corrected chi connectivity index (χ4v) is 3.27. The van der Waals surface area contributed by atoms with Crippen LogP contribution in [0.3, 0.4) is 0 Å². The number of hydrogen-bond acceptors (Lipinski definition) is 3. The number of amides is 1. The van der Waals surface area contributed by atoms with Gasteiger partial charge in [0.2, 0.25) is 5.91 Å². The van der Waals surface area contributed by atoms with Gasteiger partial charge < -0.3 is 10.6 Å². The molecule has 1 amide bonds. The number of rotatable bonds is 3. The van der Waals surface area contributed by atoms with Gasteiger partial charge in [-0.2, -0.15) is 0 Å². The lowest BCUT2D eigenvalue weighted by Crippen LogP contribution is -2.33. The molecule has 2 rings (SSSR count). The van der Waals surface area contributed by atoms with E-state index in [0.717, 1.165) is 29.8 Å². The Morgan fingerprint density at radius 3 is 2.76 bits per heavy atom. The van der Waals surface area contributed by atoms with E-state index in [1.165, 1.54) is 0 Å². The summed E-state index contributed by atoms with van der Waals surface area (Å²) < 4.78 is 0. The highest BCUT2D eigenvalue weighted by molar-refractivity contribution is 8.00. The van der Waals surface area contributed by atoms with Crippen LogP contribution >= 0.6 is 11.8 Å². The number of carbonyl (C=O) groups excluding carboxylic acids is 1. The highest BCUT2D eigenvalue weighted by Gasteiger charge is 2.25. The molecule has 4 heteroatoms. The molecule has 1 unspecified atom stereocenters. The van der Waals surface area contributed by atoms with Gasteiger partial charge in [0.15, 0.2) is 0 Å². The van der Waals surface area contributed by atoms with Gasteiger partial charge in [0.05, 0.1) is 5.25 Å². The molecule has 1 aromatic carbocycles. The molecule has 1 aromatic rings. The molecule has 0 spiro atoms. The van der Waals surface area contributed by atoms with Crippen molar-refractivity contribution in [1.82, 2.24) is 4.90 Å². The largest absolute Gasteiger partial charge is 0.399 e. The third-order valence-corrected chi connectivity index (χ3v) is 4.34. The Morgan fingerprint density at radius 2 is 2.18 bits per heavy atom. The van der Waals surface area contributed by atoms with Crippen molar-refractivity contribution < 1.29 is 4.79 Å². The van der Waals surface area contributed by atoms with Gasteiger partial charge in [-0.15, -0.1) is 11.8 Å². The van der Waals surface area contributed by atoms with Crippen molar-refractivity contribution in [2.24, 2.45) is 0 Å². The Hall–Kier alpha value is -1.16.